The molecule has 0 fully saturated rings. The summed E-state index contributed by atoms with van der Waals surface area (Å²) in [5, 5.41) is 3.28. The Morgan fingerprint density at radius 1 is 1.00 bits per heavy atom. The summed E-state index contributed by atoms with van der Waals surface area (Å²) >= 11 is 0. The molecule has 0 amide bonds. The van der Waals surface area contributed by atoms with Crippen molar-refractivity contribution in [1.82, 2.24) is 0 Å². The van der Waals surface area contributed by atoms with Crippen molar-refractivity contribution in [3.63, 3.8) is 0 Å². The number of benzene rings is 2. The maximum atomic E-state index is 12.8. The average molecular weight is 293 g/mol. The van der Waals surface area contributed by atoms with E-state index in [0.29, 0.717) is 5.56 Å². The van der Waals surface area contributed by atoms with E-state index in [9.17, 15) is 13.2 Å². The van der Waals surface area contributed by atoms with Gasteiger partial charge in [-0.3, -0.25) is 0 Å². The Kier molecular flexibility index (Phi) is 4.26. The standard InChI is InChI=1S/C17H18F3N/c1-11-6-4-9-16(12(11)2)21-13(3)14-7-5-8-15(10-14)17(18,19)20/h4-10,13,21H,1-3H3. The number of hydrogen-bond donors (Lipinski definition) is 1. The Bertz CT molecular complexity index is 632. The Balaban J connectivity index is 2.25. The van der Waals surface area contributed by atoms with Crippen LogP contribution in [0.5, 0.6) is 0 Å². The summed E-state index contributed by atoms with van der Waals surface area (Å²) in [5.74, 6) is 0. The lowest BCUT2D eigenvalue weighted by atomic mass is 10.0. The molecular formula is C17H18F3N. The van der Waals surface area contributed by atoms with Gasteiger partial charge in [-0.25, -0.2) is 0 Å². The summed E-state index contributed by atoms with van der Waals surface area (Å²) in [5.41, 5.74) is 3.20. The Hall–Kier alpha value is -1.97. The molecule has 0 aliphatic carbocycles. The molecule has 21 heavy (non-hydrogen) atoms. The lowest BCUT2D eigenvalue weighted by Gasteiger charge is -2.19. The molecule has 0 radical (unpaired) electrons. The first kappa shape index (κ1) is 15.4. The summed E-state index contributed by atoms with van der Waals surface area (Å²) in [6, 6.07) is 11.1. The summed E-state index contributed by atoms with van der Waals surface area (Å²) in [4.78, 5) is 0. The predicted octanol–water partition coefficient (Wildman–Crippen LogP) is 5.50. The first-order chi connectivity index (χ1) is 9.79. The van der Waals surface area contributed by atoms with Crippen LogP contribution in [-0.4, -0.2) is 0 Å². The van der Waals surface area contributed by atoms with Crippen molar-refractivity contribution in [2.75, 3.05) is 5.32 Å². The lowest BCUT2D eigenvalue weighted by Crippen LogP contribution is -2.11. The topological polar surface area (TPSA) is 12.0 Å². The van der Waals surface area contributed by atoms with Crippen LogP contribution in [0.1, 0.15) is 35.2 Å². The second kappa shape index (κ2) is 5.80. The maximum Gasteiger partial charge on any atom is 0.416 e. The second-order valence-electron chi connectivity index (χ2n) is 5.24. The summed E-state index contributed by atoms with van der Waals surface area (Å²) < 4.78 is 38.3. The number of alkyl halides is 3. The minimum absolute atomic E-state index is 0.201. The molecule has 2 aromatic carbocycles. The fourth-order valence-electron chi connectivity index (χ4n) is 2.21. The molecular weight excluding hydrogens is 275 g/mol. The zero-order chi connectivity index (χ0) is 15.6. The van der Waals surface area contributed by atoms with Gasteiger partial charge in [-0.15, -0.1) is 0 Å². The van der Waals surface area contributed by atoms with Gasteiger partial charge in [0.15, 0.2) is 0 Å². The summed E-state index contributed by atoms with van der Waals surface area (Å²) in [7, 11) is 0. The number of anilines is 1. The van der Waals surface area contributed by atoms with Crippen LogP contribution in [-0.2, 0) is 6.18 Å². The molecule has 0 bridgehead atoms. The smallest absolute Gasteiger partial charge is 0.378 e. The molecule has 112 valence electrons. The predicted molar refractivity (Wildman–Crippen MR) is 79.4 cm³/mol. The van der Waals surface area contributed by atoms with Gasteiger partial charge in [0.1, 0.15) is 0 Å². The van der Waals surface area contributed by atoms with Crippen molar-refractivity contribution in [2.45, 2.75) is 33.0 Å². The van der Waals surface area contributed by atoms with Crippen LogP contribution in [0.25, 0.3) is 0 Å². The second-order valence-corrected chi connectivity index (χ2v) is 5.24. The van der Waals surface area contributed by atoms with E-state index < -0.39 is 11.7 Å². The van der Waals surface area contributed by atoms with Crippen LogP contribution in [0.15, 0.2) is 42.5 Å². The molecule has 0 saturated carbocycles. The molecule has 1 nitrogen and oxygen atoms in total. The van der Waals surface area contributed by atoms with Gasteiger partial charge >= 0.3 is 6.18 Å². The molecule has 0 saturated heterocycles. The van der Waals surface area contributed by atoms with E-state index in [1.165, 1.54) is 12.1 Å². The molecule has 0 aliphatic rings. The quantitative estimate of drug-likeness (QED) is 0.788. The minimum atomic E-state index is -4.31. The highest BCUT2D eigenvalue weighted by molar-refractivity contribution is 5.55. The van der Waals surface area contributed by atoms with Gasteiger partial charge in [0.25, 0.3) is 0 Å². The van der Waals surface area contributed by atoms with Crippen molar-refractivity contribution in [1.29, 1.82) is 0 Å². The van der Waals surface area contributed by atoms with E-state index in [4.69, 9.17) is 0 Å². The third-order valence-corrected chi connectivity index (χ3v) is 3.69. The minimum Gasteiger partial charge on any atom is -0.378 e. The molecule has 0 aromatic heterocycles. The number of hydrogen-bond acceptors (Lipinski definition) is 1. The van der Waals surface area contributed by atoms with Gasteiger partial charge in [0, 0.05) is 11.7 Å². The van der Waals surface area contributed by atoms with Crippen LogP contribution in [0.2, 0.25) is 0 Å². The summed E-state index contributed by atoms with van der Waals surface area (Å²) in [6.45, 7) is 5.86. The van der Waals surface area contributed by atoms with Gasteiger partial charge in [-0.1, -0.05) is 24.3 Å². The van der Waals surface area contributed by atoms with E-state index in [1.54, 1.807) is 6.07 Å². The zero-order valence-corrected chi connectivity index (χ0v) is 12.3. The molecule has 1 N–H and O–H groups in total. The van der Waals surface area contributed by atoms with Gasteiger partial charge < -0.3 is 5.32 Å². The Labute approximate surface area is 122 Å². The van der Waals surface area contributed by atoms with Crippen LogP contribution in [0.4, 0.5) is 18.9 Å². The van der Waals surface area contributed by atoms with Crippen molar-refractivity contribution < 1.29 is 13.2 Å². The molecule has 2 rings (SSSR count). The molecule has 0 spiro atoms. The highest BCUT2D eigenvalue weighted by atomic mass is 19.4. The highest BCUT2D eigenvalue weighted by Crippen LogP contribution is 2.31. The molecule has 1 atom stereocenters. The first-order valence-electron chi connectivity index (χ1n) is 6.79. The number of rotatable bonds is 3. The van der Waals surface area contributed by atoms with E-state index in [0.717, 1.165) is 22.9 Å². The molecule has 2 aromatic rings. The average Bonchev–Trinajstić information content (AvgIpc) is 2.43. The van der Waals surface area contributed by atoms with Crippen molar-refractivity contribution in [2.24, 2.45) is 0 Å². The van der Waals surface area contributed by atoms with Crippen LogP contribution < -0.4 is 5.32 Å². The van der Waals surface area contributed by atoms with Crippen molar-refractivity contribution in [3.8, 4) is 0 Å². The van der Waals surface area contributed by atoms with E-state index >= 15 is 0 Å². The Morgan fingerprint density at radius 2 is 1.67 bits per heavy atom. The van der Waals surface area contributed by atoms with Crippen LogP contribution in [0, 0.1) is 13.8 Å². The van der Waals surface area contributed by atoms with E-state index in [2.05, 4.69) is 5.32 Å². The van der Waals surface area contributed by atoms with E-state index in [-0.39, 0.29) is 6.04 Å². The number of nitrogens with one attached hydrogen (secondary N) is 1. The maximum absolute atomic E-state index is 12.8. The largest absolute Gasteiger partial charge is 0.416 e. The van der Waals surface area contributed by atoms with E-state index in [1.807, 2.05) is 39.0 Å². The molecule has 1 unspecified atom stereocenters. The van der Waals surface area contributed by atoms with Crippen LogP contribution in [0.3, 0.4) is 0 Å². The highest BCUT2D eigenvalue weighted by Gasteiger charge is 2.30. The zero-order valence-electron chi connectivity index (χ0n) is 12.3. The number of halogens is 3. The lowest BCUT2D eigenvalue weighted by molar-refractivity contribution is -0.137. The monoisotopic (exact) mass is 293 g/mol. The van der Waals surface area contributed by atoms with Gasteiger partial charge in [0.05, 0.1) is 5.56 Å². The fourth-order valence-corrected chi connectivity index (χ4v) is 2.21. The summed E-state index contributed by atoms with van der Waals surface area (Å²) in [6.07, 6.45) is -4.31. The molecule has 0 heterocycles. The first-order valence-corrected chi connectivity index (χ1v) is 6.79. The van der Waals surface area contributed by atoms with Crippen molar-refractivity contribution >= 4 is 5.69 Å². The number of aryl methyl sites for hydroxylation is 1. The van der Waals surface area contributed by atoms with Crippen LogP contribution >= 0.6 is 0 Å². The SMILES string of the molecule is Cc1cccc(NC(C)c2cccc(C(F)(F)F)c2)c1C. The Morgan fingerprint density at radius 3 is 2.33 bits per heavy atom. The van der Waals surface area contributed by atoms with Crippen molar-refractivity contribution in [3.05, 3.63) is 64.7 Å². The third-order valence-electron chi connectivity index (χ3n) is 3.69. The van der Waals surface area contributed by atoms with Gasteiger partial charge in [-0.05, 0) is 55.7 Å². The molecule has 0 aliphatic heterocycles. The van der Waals surface area contributed by atoms with Gasteiger partial charge in [0.2, 0.25) is 0 Å². The fraction of sp³-hybridized carbons (Fsp3) is 0.294. The van der Waals surface area contributed by atoms with Gasteiger partial charge in [-0.2, -0.15) is 13.2 Å². The molecule has 4 heteroatoms. The third kappa shape index (κ3) is 3.57. The normalized spacial score (nSPS) is 13.0.